The summed E-state index contributed by atoms with van der Waals surface area (Å²) in [6.07, 6.45) is 1.67. The van der Waals surface area contributed by atoms with Crippen molar-refractivity contribution in [1.82, 2.24) is 24.3 Å². The van der Waals surface area contributed by atoms with Gasteiger partial charge in [0.2, 0.25) is 0 Å². The summed E-state index contributed by atoms with van der Waals surface area (Å²) in [5, 5.41) is 4.85. The quantitative estimate of drug-likeness (QED) is 0.324. The number of halogens is 1. The number of Topliss-reactive ketones (excluding diaryl/α,β-unsaturated/α-hetero) is 1. The van der Waals surface area contributed by atoms with E-state index in [4.69, 9.17) is 21.3 Å². The summed E-state index contributed by atoms with van der Waals surface area (Å²) in [6, 6.07) is 12.4. The van der Waals surface area contributed by atoms with E-state index >= 15 is 0 Å². The van der Waals surface area contributed by atoms with Gasteiger partial charge in [0.15, 0.2) is 5.78 Å². The molecule has 39 heavy (non-hydrogen) atoms. The van der Waals surface area contributed by atoms with Crippen LogP contribution >= 0.6 is 11.6 Å². The number of aromatic nitrogens is 5. The average Bonchev–Trinajstić information content (AvgIpc) is 3.21. The lowest BCUT2D eigenvalue weighted by Gasteiger charge is -2.36. The summed E-state index contributed by atoms with van der Waals surface area (Å²) in [5.74, 6) is 2.88. The zero-order valence-electron chi connectivity index (χ0n) is 22.4. The zero-order valence-corrected chi connectivity index (χ0v) is 23.1. The van der Waals surface area contributed by atoms with E-state index in [0.29, 0.717) is 22.1 Å². The number of ketones is 1. The lowest BCUT2D eigenvalue weighted by molar-refractivity contribution is 0.0966. The number of pyridine rings is 2. The van der Waals surface area contributed by atoms with Crippen LogP contribution in [0.1, 0.15) is 27.4 Å². The molecule has 5 rings (SSSR count). The molecule has 1 aliphatic rings. The molecule has 1 fully saturated rings. The van der Waals surface area contributed by atoms with Crippen LogP contribution in [0.15, 0.2) is 53.5 Å². The first-order chi connectivity index (χ1) is 18.7. The fourth-order valence-corrected chi connectivity index (χ4v) is 5.04. The van der Waals surface area contributed by atoms with Crippen LogP contribution in [0.3, 0.4) is 0 Å². The number of aryl methyl sites for hydroxylation is 3. The lowest BCUT2D eigenvalue weighted by atomic mass is 10.1. The Morgan fingerprint density at radius 3 is 2.23 bits per heavy atom. The molecular weight excluding hydrogens is 518 g/mol. The highest BCUT2D eigenvalue weighted by Gasteiger charge is 2.21. The highest BCUT2D eigenvalue weighted by molar-refractivity contribution is 6.30. The summed E-state index contributed by atoms with van der Waals surface area (Å²) in [7, 11) is 1.67. The number of carbonyl (C=O) groups excluding carboxylic acids is 1. The van der Waals surface area contributed by atoms with Gasteiger partial charge in [-0.2, -0.15) is 5.10 Å². The minimum Gasteiger partial charge on any atom is -0.495 e. The van der Waals surface area contributed by atoms with Crippen molar-refractivity contribution in [2.24, 2.45) is 0 Å². The number of nitrogens with zero attached hydrogens (tertiary/aromatic N) is 7. The Labute approximate surface area is 231 Å². The molecule has 0 radical (unpaired) electrons. The molecule has 0 saturated carbocycles. The predicted molar refractivity (Wildman–Crippen MR) is 151 cm³/mol. The Morgan fingerprint density at radius 1 is 0.974 bits per heavy atom. The molecule has 0 amide bonds. The van der Waals surface area contributed by atoms with Crippen molar-refractivity contribution in [3.8, 4) is 11.4 Å². The third-order valence-electron chi connectivity index (χ3n) is 6.90. The topological polar surface area (TPSA) is 98.4 Å². The molecule has 1 aromatic carbocycles. The summed E-state index contributed by atoms with van der Waals surface area (Å²) in [4.78, 5) is 39.6. The predicted octanol–water partition coefficient (Wildman–Crippen LogP) is 3.62. The van der Waals surface area contributed by atoms with Crippen molar-refractivity contribution < 1.29 is 9.53 Å². The van der Waals surface area contributed by atoms with E-state index in [1.165, 1.54) is 9.25 Å². The van der Waals surface area contributed by atoms with E-state index < -0.39 is 5.69 Å². The van der Waals surface area contributed by atoms with Crippen molar-refractivity contribution in [2.45, 2.75) is 27.3 Å². The molecule has 4 aromatic rings. The highest BCUT2D eigenvalue weighted by Crippen LogP contribution is 2.27. The number of hydrogen-bond donors (Lipinski definition) is 0. The molecule has 0 aliphatic carbocycles. The molecular formula is C28H30ClN7O3. The zero-order chi connectivity index (χ0) is 27.7. The number of methoxy groups -OCH3 is 1. The minimum atomic E-state index is -0.393. The molecule has 0 atom stereocenters. The number of hydrogen-bond acceptors (Lipinski definition) is 8. The number of carbonyl (C=O) groups is 1. The molecule has 11 heteroatoms. The highest BCUT2D eigenvalue weighted by atomic mass is 35.5. The third-order valence-corrected chi connectivity index (χ3v) is 7.15. The largest absolute Gasteiger partial charge is 0.495 e. The van der Waals surface area contributed by atoms with Crippen molar-refractivity contribution in [3.05, 3.63) is 86.8 Å². The maximum Gasteiger partial charge on any atom is 0.351 e. The Bertz CT molecular complexity index is 1530. The second-order valence-corrected chi connectivity index (χ2v) is 9.95. The number of anilines is 2. The Morgan fingerprint density at radius 2 is 1.64 bits per heavy atom. The van der Waals surface area contributed by atoms with Gasteiger partial charge < -0.3 is 14.5 Å². The van der Waals surface area contributed by atoms with Crippen LogP contribution < -0.4 is 20.2 Å². The first-order valence-corrected chi connectivity index (χ1v) is 13.1. The first kappa shape index (κ1) is 26.4. The van der Waals surface area contributed by atoms with Gasteiger partial charge in [-0.1, -0.05) is 11.6 Å². The van der Waals surface area contributed by atoms with Gasteiger partial charge in [-0.05, 0) is 68.8 Å². The molecule has 1 aliphatic heterocycles. The Balaban J connectivity index is 1.26. The normalized spacial score (nSPS) is 13.6. The van der Waals surface area contributed by atoms with Crippen LogP contribution in [0.25, 0.3) is 5.69 Å². The van der Waals surface area contributed by atoms with E-state index in [1.54, 1.807) is 44.5 Å². The number of benzene rings is 1. The second kappa shape index (κ2) is 10.9. The summed E-state index contributed by atoms with van der Waals surface area (Å²) in [6.45, 7) is 8.78. The van der Waals surface area contributed by atoms with Crippen LogP contribution in [0, 0.1) is 20.8 Å². The number of piperazine rings is 1. The molecule has 4 heterocycles. The van der Waals surface area contributed by atoms with E-state index in [2.05, 4.69) is 25.9 Å². The van der Waals surface area contributed by atoms with E-state index in [-0.39, 0.29) is 12.3 Å². The van der Waals surface area contributed by atoms with Gasteiger partial charge in [-0.25, -0.2) is 24.0 Å². The molecule has 0 N–H and O–H groups in total. The van der Waals surface area contributed by atoms with Crippen LogP contribution in [0.4, 0.5) is 11.6 Å². The van der Waals surface area contributed by atoms with Crippen LogP contribution in [-0.2, 0) is 6.54 Å². The fraction of sp³-hybridized carbons (Fsp3) is 0.321. The average molecular weight is 548 g/mol. The molecule has 1 saturated heterocycles. The van der Waals surface area contributed by atoms with Gasteiger partial charge in [0.1, 0.15) is 29.8 Å². The Hall–Kier alpha value is -4.18. The van der Waals surface area contributed by atoms with Gasteiger partial charge in [0.05, 0.1) is 24.7 Å². The molecule has 202 valence electrons. The summed E-state index contributed by atoms with van der Waals surface area (Å²) >= 11 is 5.91. The van der Waals surface area contributed by atoms with Gasteiger partial charge >= 0.3 is 5.69 Å². The van der Waals surface area contributed by atoms with Crippen molar-refractivity contribution in [3.63, 3.8) is 0 Å². The molecule has 0 unspecified atom stereocenters. The standard InChI is InChI=1S/C28H30ClN7O3/c1-18-15-26(31-19(2)27(18)39-4)34-13-11-33(12-14-34)25-10-9-23(16-30-25)36-20(3)32-35(28(36)38)17-24(37)21-5-7-22(29)8-6-21/h5-10,15-16H,11-14,17H2,1-4H3. The van der Waals surface area contributed by atoms with Crippen molar-refractivity contribution >= 4 is 29.0 Å². The van der Waals surface area contributed by atoms with E-state index in [1.807, 2.05) is 26.0 Å². The Kier molecular flexibility index (Phi) is 7.38. The van der Waals surface area contributed by atoms with Crippen molar-refractivity contribution in [1.29, 1.82) is 0 Å². The van der Waals surface area contributed by atoms with Gasteiger partial charge in [0.25, 0.3) is 0 Å². The van der Waals surface area contributed by atoms with Crippen molar-refractivity contribution in [2.75, 3.05) is 43.1 Å². The second-order valence-electron chi connectivity index (χ2n) is 9.52. The molecule has 0 bridgehead atoms. The van der Waals surface area contributed by atoms with Gasteiger partial charge in [-0.3, -0.25) is 4.79 Å². The molecule has 0 spiro atoms. The van der Waals surface area contributed by atoms with Crippen LogP contribution in [0.5, 0.6) is 5.75 Å². The SMILES string of the molecule is COc1c(C)cc(N2CCN(c3ccc(-n4c(C)nn(CC(=O)c5ccc(Cl)cc5)c4=O)cn3)CC2)nc1C. The summed E-state index contributed by atoms with van der Waals surface area (Å²) in [5.41, 5.74) is 2.63. The fourth-order valence-electron chi connectivity index (χ4n) is 4.91. The first-order valence-electron chi connectivity index (χ1n) is 12.7. The molecule has 3 aromatic heterocycles. The number of rotatable bonds is 7. The smallest absolute Gasteiger partial charge is 0.351 e. The minimum absolute atomic E-state index is 0.161. The monoisotopic (exact) mass is 547 g/mol. The maximum atomic E-state index is 13.1. The maximum absolute atomic E-state index is 13.1. The van der Waals surface area contributed by atoms with Crippen LogP contribution in [-0.4, -0.2) is 63.4 Å². The van der Waals surface area contributed by atoms with E-state index in [9.17, 15) is 9.59 Å². The third kappa shape index (κ3) is 5.37. The summed E-state index contributed by atoms with van der Waals surface area (Å²) < 4.78 is 8.09. The molecule has 10 nitrogen and oxygen atoms in total. The van der Waals surface area contributed by atoms with Gasteiger partial charge in [0, 0.05) is 36.8 Å². The van der Waals surface area contributed by atoms with E-state index in [0.717, 1.165) is 54.8 Å². The van der Waals surface area contributed by atoms with Crippen LogP contribution in [0.2, 0.25) is 5.02 Å². The number of ether oxygens (including phenoxy) is 1. The lowest BCUT2D eigenvalue weighted by Crippen LogP contribution is -2.47. The van der Waals surface area contributed by atoms with Gasteiger partial charge in [-0.15, -0.1) is 0 Å².